The van der Waals surface area contributed by atoms with Crippen molar-refractivity contribution < 1.29 is 9.41 Å². The second-order valence-corrected chi connectivity index (χ2v) is 8.28. The van der Waals surface area contributed by atoms with Crippen molar-refractivity contribution in [3.8, 4) is 22.5 Å². The Bertz CT molecular complexity index is 1270. The second kappa shape index (κ2) is 8.33. The van der Waals surface area contributed by atoms with Crippen LogP contribution in [0.3, 0.4) is 0 Å². The van der Waals surface area contributed by atoms with Crippen molar-refractivity contribution in [2.75, 3.05) is 18.4 Å². The number of hydrogen-bond acceptors (Lipinski definition) is 2. The Balaban J connectivity index is 2.21. The van der Waals surface area contributed by atoms with Gasteiger partial charge in [-0.15, -0.1) is 0 Å². The maximum atomic E-state index is 6.67. The summed E-state index contributed by atoms with van der Waals surface area (Å²) in [5.41, 5.74) is 6.96. The lowest BCUT2D eigenvalue weighted by Crippen LogP contribution is -2.76. The van der Waals surface area contributed by atoms with Crippen LogP contribution in [-0.2, 0) is 0 Å². The molecule has 2 N–H and O–H groups in total. The largest absolute Gasteiger partial charge is 0.456 e. The molecule has 0 fully saturated rings. The number of halogens is 2. The van der Waals surface area contributed by atoms with Gasteiger partial charge in [-0.3, -0.25) is 0 Å². The molecule has 1 heterocycles. The van der Waals surface area contributed by atoms with E-state index in [4.69, 9.17) is 27.6 Å². The van der Waals surface area contributed by atoms with Crippen LogP contribution < -0.4 is 15.7 Å². The Morgan fingerprint density at radius 3 is 2.33 bits per heavy atom. The van der Waals surface area contributed by atoms with Crippen molar-refractivity contribution in [3.63, 3.8) is 0 Å². The molecule has 2 aliphatic rings. The third-order valence-electron chi connectivity index (χ3n) is 5.36. The average Bonchev–Trinajstić information content (AvgIpc) is 2.70. The van der Waals surface area contributed by atoms with E-state index in [2.05, 4.69) is 62.3 Å². The topological polar surface area (TPSA) is 39.1 Å². The molecule has 0 unspecified atom stereocenters. The molecule has 0 saturated heterocycles. The SMILES string of the molecule is CCNc1cc2oc3cc(=[NH+]CC)c(C)cc-3c(-c3c(Cl)cccc3Cl)c2cc1C. The minimum absolute atomic E-state index is 0.623. The van der Waals surface area contributed by atoms with E-state index in [0.717, 1.165) is 68.7 Å². The molecule has 1 aliphatic carbocycles. The standard InChI is InChI=1S/C25H24Cl2N2O/c1-5-28-20-12-22-16(10-14(20)3)24(25-18(26)8-7-9-19(25)27)17-11-15(4)21(29-6-2)13-23(17)30-22/h7-13,28H,5-6H2,1-4H3/p+1. The molecule has 3 nitrogen and oxygen atoms in total. The predicted molar refractivity (Wildman–Crippen MR) is 127 cm³/mol. The first kappa shape index (κ1) is 20.8. The van der Waals surface area contributed by atoms with Crippen LogP contribution in [0.1, 0.15) is 25.0 Å². The first-order chi connectivity index (χ1) is 14.4. The van der Waals surface area contributed by atoms with Gasteiger partial charge >= 0.3 is 0 Å². The van der Waals surface area contributed by atoms with E-state index in [1.54, 1.807) is 0 Å². The fraction of sp³-hybridized carbons (Fsp3) is 0.240. The van der Waals surface area contributed by atoms with Gasteiger partial charge in [-0.05, 0) is 57.5 Å². The van der Waals surface area contributed by atoms with Gasteiger partial charge in [-0.2, -0.15) is 0 Å². The molecule has 0 spiro atoms. The van der Waals surface area contributed by atoms with Crippen molar-refractivity contribution in [1.29, 1.82) is 0 Å². The normalized spacial score (nSPS) is 12.1. The molecule has 5 heteroatoms. The Morgan fingerprint density at radius 1 is 0.933 bits per heavy atom. The van der Waals surface area contributed by atoms with Crippen molar-refractivity contribution in [2.24, 2.45) is 0 Å². The fourth-order valence-electron chi connectivity index (χ4n) is 3.97. The number of rotatable bonds is 4. The molecule has 1 aliphatic heterocycles. The van der Waals surface area contributed by atoms with Crippen LogP contribution >= 0.6 is 23.2 Å². The third kappa shape index (κ3) is 3.57. The van der Waals surface area contributed by atoms with E-state index in [0.29, 0.717) is 10.0 Å². The van der Waals surface area contributed by atoms with Gasteiger partial charge in [0, 0.05) is 56.0 Å². The summed E-state index contributed by atoms with van der Waals surface area (Å²) >= 11 is 13.3. The Morgan fingerprint density at radius 2 is 1.67 bits per heavy atom. The molecular formula is C25H25Cl2N2O+. The second-order valence-electron chi connectivity index (χ2n) is 7.46. The van der Waals surface area contributed by atoms with Crippen LogP contribution in [0.4, 0.5) is 5.69 Å². The minimum Gasteiger partial charge on any atom is -0.456 e. The summed E-state index contributed by atoms with van der Waals surface area (Å²) in [6, 6.07) is 14.1. The van der Waals surface area contributed by atoms with Gasteiger partial charge in [0.1, 0.15) is 17.9 Å². The molecular weight excluding hydrogens is 415 g/mol. The number of fused-ring (bicyclic) bond motifs is 2. The van der Waals surface area contributed by atoms with Gasteiger partial charge in [0.2, 0.25) is 5.36 Å². The zero-order valence-electron chi connectivity index (χ0n) is 17.6. The van der Waals surface area contributed by atoms with Gasteiger partial charge in [-0.1, -0.05) is 29.3 Å². The van der Waals surface area contributed by atoms with Crippen LogP contribution in [0.25, 0.3) is 33.4 Å². The summed E-state index contributed by atoms with van der Waals surface area (Å²) < 4.78 is 6.41. The summed E-state index contributed by atoms with van der Waals surface area (Å²) in [6.07, 6.45) is 0. The molecule has 0 bridgehead atoms. The highest BCUT2D eigenvalue weighted by atomic mass is 35.5. The average molecular weight is 440 g/mol. The Hall–Kier alpha value is -2.49. The van der Waals surface area contributed by atoms with E-state index < -0.39 is 0 Å². The van der Waals surface area contributed by atoms with Crippen LogP contribution in [0.5, 0.6) is 0 Å². The van der Waals surface area contributed by atoms with Crippen molar-refractivity contribution in [3.05, 3.63) is 69.0 Å². The van der Waals surface area contributed by atoms with Crippen LogP contribution in [0, 0.1) is 13.8 Å². The Labute approximate surface area is 186 Å². The molecule has 0 saturated carbocycles. The van der Waals surface area contributed by atoms with Crippen molar-refractivity contribution >= 4 is 39.9 Å². The molecule has 30 heavy (non-hydrogen) atoms. The molecule has 2 aromatic carbocycles. The van der Waals surface area contributed by atoms with E-state index in [1.807, 2.05) is 18.2 Å². The van der Waals surface area contributed by atoms with E-state index in [1.165, 1.54) is 0 Å². The van der Waals surface area contributed by atoms with Gasteiger partial charge in [-0.25, -0.2) is 4.99 Å². The molecule has 0 radical (unpaired) electrons. The molecule has 0 amide bonds. The summed E-state index contributed by atoms with van der Waals surface area (Å²) in [4.78, 5) is 3.41. The van der Waals surface area contributed by atoms with E-state index in [9.17, 15) is 0 Å². The molecule has 4 rings (SSSR count). The van der Waals surface area contributed by atoms with Crippen molar-refractivity contribution in [2.45, 2.75) is 27.7 Å². The predicted octanol–water partition coefficient (Wildman–Crippen LogP) is 5.56. The zero-order chi connectivity index (χ0) is 21.4. The maximum Gasteiger partial charge on any atom is 0.204 e. The molecule has 0 atom stereocenters. The summed E-state index contributed by atoms with van der Waals surface area (Å²) in [5, 5.41) is 6.71. The van der Waals surface area contributed by atoms with Gasteiger partial charge in [0.15, 0.2) is 0 Å². The molecule has 2 aromatic rings. The summed E-state index contributed by atoms with van der Waals surface area (Å²) in [6.45, 7) is 10.0. The summed E-state index contributed by atoms with van der Waals surface area (Å²) in [7, 11) is 0. The van der Waals surface area contributed by atoms with Crippen molar-refractivity contribution in [1.82, 2.24) is 0 Å². The molecule has 154 valence electrons. The lowest BCUT2D eigenvalue weighted by Gasteiger charge is -2.19. The highest BCUT2D eigenvalue weighted by Gasteiger charge is 2.23. The lowest BCUT2D eigenvalue weighted by atomic mass is 9.91. The fourth-order valence-corrected chi connectivity index (χ4v) is 4.55. The van der Waals surface area contributed by atoms with Gasteiger partial charge < -0.3 is 9.73 Å². The van der Waals surface area contributed by atoms with Gasteiger partial charge in [0.25, 0.3) is 0 Å². The maximum absolute atomic E-state index is 6.67. The highest BCUT2D eigenvalue weighted by Crippen LogP contribution is 2.46. The smallest absolute Gasteiger partial charge is 0.204 e. The number of aryl methyl sites for hydroxylation is 2. The number of benzene rings is 3. The van der Waals surface area contributed by atoms with Crippen LogP contribution in [0.2, 0.25) is 10.0 Å². The molecule has 0 aromatic heterocycles. The minimum atomic E-state index is 0.623. The van der Waals surface area contributed by atoms with E-state index >= 15 is 0 Å². The first-order valence-corrected chi connectivity index (χ1v) is 11.0. The third-order valence-corrected chi connectivity index (χ3v) is 5.99. The highest BCUT2D eigenvalue weighted by molar-refractivity contribution is 6.40. The lowest BCUT2D eigenvalue weighted by molar-refractivity contribution is -0.496. The van der Waals surface area contributed by atoms with Gasteiger partial charge in [0.05, 0.1) is 6.07 Å². The quantitative estimate of drug-likeness (QED) is 0.408. The Kier molecular flexibility index (Phi) is 5.77. The van der Waals surface area contributed by atoms with Crippen LogP contribution in [-0.4, -0.2) is 13.1 Å². The number of anilines is 1. The monoisotopic (exact) mass is 439 g/mol. The van der Waals surface area contributed by atoms with Crippen LogP contribution in [0.15, 0.2) is 46.9 Å². The summed E-state index contributed by atoms with van der Waals surface area (Å²) in [5.74, 6) is 0.793. The number of nitrogens with one attached hydrogen (secondary N) is 2. The number of hydrogen-bond donors (Lipinski definition) is 2. The van der Waals surface area contributed by atoms with E-state index in [-0.39, 0.29) is 0 Å². The zero-order valence-corrected chi connectivity index (χ0v) is 19.1. The first-order valence-electron chi connectivity index (χ1n) is 10.2.